The summed E-state index contributed by atoms with van der Waals surface area (Å²) < 4.78 is 2.08. The third kappa shape index (κ3) is 1.97. The van der Waals surface area contributed by atoms with Crippen LogP contribution in [0.1, 0.15) is 17.1 Å². The van der Waals surface area contributed by atoms with Crippen molar-refractivity contribution in [2.24, 2.45) is 0 Å². The van der Waals surface area contributed by atoms with Crippen molar-refractivity contribution in [3.05, 3.63) is 41.7 Å². The number of imidazole rings is 1. The minimum Gasteiger partial charge on any atom is -0.314 e. The summed E-state index contributed by atoms with van der Waals surface area (Å²) in [6.45, 7) is 4.86. The second-order valence-corrected chi connectivity index (χ2v) is 3.82. The lowest BCUT2D eigenvalue weighted by Gasteiger charge is -2.07. The normalized spacial score (nSPS) is 10.7. The fourth-order valence-corrected chi connectivity index (χ4v) is 1.65. The monoisotopic (exact) mass is 216 g/mol. The second-order valence-electron chi connectivity index (χ2n) is 3.82. The number of hydrogen-bond donors (Lipinski definition) is 1. The van der Waals surface area contributed by atoms with E-state index in [0.717, 1.165) is 23.6 Å². The van der Waals surface area contributed by atoms with E-state index >= 15 is 0 Å². The summed E-state index contributed by atoms with van der Waals surface area (Å²) in [5.74, 6) is 0. The van der Waals surface area contributed by atoms with Crippen LogP contribution < -0.4 is 5.32 Å². The van der Waals surface area contributed by atoms with Crippen molar-refractivity contribution in [2.75, 3.05) is 7.05 Å². The van der Waals surface area contributed by atoms with E-state index < -0.39 is 0 Å². The topological polar surface area (TPSA) is 42.7 Å². The molecule has 0 bridgehead atoms. The first-order chi connectivity index (χ1) is 7.72. The van der Waals surface area contributed by atoms with Crippen molar-refractivity contribution in [2.45, 2.75) is 20.4 Å². The Morgan fingerprint density at radius 1 is 1.31 bits per heavy atom. The quantitative estimate of drug-likeness (QED) is 0.847. The number of nitrogens with one attached hydrogen (secondary N) is 1. The van der Waals surface area contributed by atoms with Gasteiger partial charge < -0.3 is 9.88 Å². The van der Waals surface area contributed by atoms with E-state index in [1.807, 2.05) is 32.6 Å². The Morgan fingerprint density at radius 2 is 2.12 bits per heavy atom. The molecule has 1 N–H and O–H groups in total. The van der Waals surface area contributed by atoms with Crippen molar-refractivity contribution in [1.29, 1.82) is 0 Å². The Balaban J connectivity index is 2.40. The molecule has 0 aliphatic rings. The van der Waals surface area contributed by atoms with Crippen molar-refractivity contribution >= 4 is 0 Å². The Hall–Kier alpha value is -1.68. The van der Waals surface area contributed by atoms with E-state index in [4.69, 9.17) is 0 Å². The number of pyridine rings is 1. The summed E-state index contributed by atoms with van der Waals surface area (Å²) in [5, 5.41) is 3.10. The first-order valence-electron chi connectivity index (χ1n) is 5.33. The van der Waals surface area contributed by atoms with Gasteiger partial charge in [-0.2, -0.15) is 0 Å². The molecule has 4 nitrogen and oxygen atoms in total. The largest absolute Gasteiger partial charge is 0.314 e. The van der Waals surface area contributed by atoms with Crippen molar-refractivity contribution < 1.29 is 0 Å². The van der Waals surface area contributed by atoms with Gasteiger partial charge in [0.25, 0.3) is 0 Å². The van der Waals surface area contributed by atoms with Crippen LogP contribution >= 0.6 is 0 Å². The molecule has 4 heteroatoms. The molecule has 0 spiro atoms. The van der Waals surface area contributed by atoms with Gasteiger partial charge in [-0.3, -0.25) is 4.98 Å². The van der Waals surface area contributed by atoms with Crippen LogP contribution in [0.2, 0.25) is 0 Å². The minimum absolute atomic E-state index is 0.778. The lowest BCUT2D eigenvalue weighted by Crippen LogP contribution is -2.07. The van der Waals surface area contributed by atoms with E-state index in [1.165, 1.54) is 5.69 Å². The third-order valence-corrected chi connectivity index (χ3v) is 2.69. The van der Waals surface area contributed by atoms with Gasteiger partial charge in [0.2, 0.25) is 0 Å². The Kier molecular flexibility index (Phi) is 3.01. The molecule has 16 heavy (non-hydrogen) atoms. The fraction of sp³-hybridized carbons (Fsp3) is 0.333. The number of rotatable bonds is 3. The molecule has 0 saturated carbocycles. The van der Waals surface area contributed by atoms with Gasteiger partial charge in [0, 0.05) is 18.4 Å². The molecule has 0 amide bonds. The second kappa shape index (κ2) is 4.45. The van der Waals surface area contributed by atoms with Crippen molar-refractivity contribution in [3.63, 3.8) is 0 Å². The van der Waals surface area contributed by atoms with Crippen LogP contribution in [-0.4, -0.2) is 21.6 Å². The summed E-state index contributed by atoms with van der Waals surface area (Å²) in [6, 6.07) is 4.07. The van der Waals surface area contributed by atoms with Crippen LogP contribution in [0.25, 0.3) is 5.69 Å². The average Bonchev–Trinajstić information content (AvgIpc) is 2.61. The predicted molar refractivity (Wildman–Crippen MR) is 63.6 cm³/mol. The van der Waals surface area contributed by atoms with E-state index in [9.17, 15) is 0 Å². The Bertz CT molecular complexity index is 488. The molecular formula is C12H16N4. The highest BCUT2D eigenvalue weighted by molar-refractivity contribution is 5.35. The number of aromatic nitrogens is 3. The van der Waals surface area contributed by atoms with Gasteiger partial charge in [0.1, 0.15) is 0 Å². The third-order valence-electron chi connectivity index (χ3n) is 2.69. The van der Waals surface area contributed by atoms with Crippen LogP contribution in [-0.2, 0) is 6.54 Å². The summed E-state index contributed by atoms with van der Waals surface area (Å²) >= 11 is 0. The van der Waals surface area contributed by atoms with Crippen LogP contribution in [0.3, 0.4) is 0 Å². The summed E-state index contributed by atoms with van der Waals surface area (Å²) in [5.41, 5.74) is 4.37. The molecule has 0 unspecified atom stereocenters. The van der Waals surface area contributed by atoms with Gasteiger partial charge in [-0.1, -0.05) is 0 Å². The molecule has 0 aliphatic heterocycles. The highest BCUT2D eigenvalue weighted by atomic mass is 15.1. The molecule has 0 radical (unpaired) electrons. The van der Waals surface area contributed by atoms with E-state index in [2.05, 4.69) is 32.8 Å². The maximum Gasteiger partial charge on any atom is 0.0997 e. The molecule has 2 heterocycles. The van der Waals surface area contributed by atoms with Crippen LogP contribution in [0, 0.1) is 13.8 Å². The highest BCUT2D eigenvalue weighted by Crippen LogP contribution is 2.13. The molecule has 84 valence electrons. The number of aryl methyl sites for hydroxylation is 1. The maximum atomic E-state index is 4.30. The van der Waals surface area contributed by atoms with E-state index in [-0.39, 0.29) is 0 Å². The zero-order valence-electron chi connectivity index (χ0n) is 9.86. The summed E-state index contributed by atoms with van der Waals surface area (Å²) in [6.07, 6.45) is 3.68. The number of hydrogen-bond acceptors (Lipinski definition) is 3. The highest BCUT2D eigenvalue weighted by Gasteiger charge is 2.04. The molecule has 0 atom stereocenters. The molecular weight excluding hydrogens is 200 g/mol. The average molecular weight is 216 g/mol. The SMILES string of the molecule is CNCc1cc(-n2cnc(C)c2C)ccn1. The molecule has 0 saturated heterocycles. The van der Waals surface area contributed by atoms with Crippen LogP contribution in [0.5, 0.6) is 0 Å². The maximum absolute atomic E-state index is 4.30. The van der Waals surface area contributed by atoms with Gasteiger partial charge in [0.15, 0.2) is 0 Å². The van der Waals surface area contributed by atoms with E-state index in [0.29, 0.717) is 0 Å². The molecule has 2 aromatic rings. The summed E-state index contributed by atoms with van der Waals surface area (Å²) in [7, 11) is 1.92. The number of nitrogens with zero attached hydrogens (tertiary/aromatic N) is 3. The fourth-order valence-electron chi connectivity index (χ4n) is 1.65. The molecule has 0 fully saturated rings. The standard InChI is InChI=1S/C12H16N4/c1-9-10(2)16(8-15-9)12-4-5-14-11(6-12)7-13-3/h4-6,8,13H,7H2,1-3H3. The van der Waals surface area contributed by atoms with Gasteiger partial charge in [-0.05, 0) is 33.0 Å². The molecule has 0 aromatic carbocycles. The first kappa shape index (κ1) is 10.8. The van der Waals surface area contributed by atoms with Crippen molar-refractivity contribution in [3.8, 4) is 5.69 Å². The van der Waals surface area contributed by atoms with Crippen molar-refractivity contribution in [1.82, 2.24) is 19.9 Å². The predicted octanol–water partition coefficient (Wildman–Crippen LogP) is 1.60. The smallest absolute Gasteiger partial charge is 0.0997 e. The van der Waals surface area contributed by atoms with Gasteiger partial charge in [-0.25, -0.2) is 4.98 Å². The van der Waals surface area contributed by atoms with Gasteiger partial charge in [0.05, 0.1) is 23.4 Å². The zero-order chi connectivity index (χ0) is 11.5. The lowest BCUT2D eigenvalue weighted by atomic mass is 10.3. The first-order valence-corrected chi connectivity index (χ1v) is 5.33. The molecule has 2 rings (SSSR count). The zero-order valence-corrected chi connectivity index (χ0v) is 9.86. The molecule has 0 aliphatic carbocycles. The van der Waals surface area contributed by atoms with Gasteiger partial charge >= 0.3 is 0 Å². The van der Waals surface area contributed by atoms with E-state index in [1.54, 1.807) is 0 Å². The Morgan fingerprint density at radius 3 is 2.75 bits per heavy atom. The van der Waals surface area contributed by atoms with Crippen LogP contribution in [0.4, 0.5) is 0 Å². The minimum atomic E-state index is 0.778. The summed E-state index contributed by atoms with van der Waals surface area (Å²) in [4.78, 5) is 8.59. The van der Waals surface area contributed by atoms with Crippen LogP contribution in [0.15, 0.2) is 24.7 Å². The molecule has 2 aromatic heterocycles. The van der Waals surface area contributed by atoms with Gasteiger partial charge in [-0.15, -0.1) is 0 Å². The Labute approximate surface area is 95.4 Å². The lowest BCUT2D eigenvalue weighted by molar-refractivity contribution is 0.788.